The van der Waals surface area contributed by atoms with Gasteiger partial charge in [0.15, 0.2) is 0 Å². The Labute approximate surface area is 125 Å². The zero-order valence-corrected chi connectivity index (χ0v) is 12.4. The van der Waals surface area contributed by atoms with Gasteiger partial charge in [0.25, 0.3) is 0 Å². The average molecular weight is 287 g/mol. The van der Waals surface area contributed by atoms with E-state index in [0.717, 1.165) is 17.9 Å². The van der Waals surface area contributed by atoms with Gasteiger partial charge in [-0.3, -0.25) is 4.98 Å². The van der Waals surface area contributed by atoms with Crippen LogP contribution in [0.15, 0.2) is 42.6 Å². The fourth-order valence-corrected chi connectivity index (χ4v) is 3.14. The van der Waals surface area contributed by atoms with E-state index in [-0.39, 0.29) is 6.04 Å². The highest BCUT2D eigenvalue weighted by molar-refractivity contribution is 6.30. The molecule has 0 saturated heterocycles. The summed E-state index contributed by atoms with van der Waals surface area (Å²) in [5, 5.41) is 4.49. The predicted octanol–water partition coefficient (Wildman–Crippen LogP) is 4.46. The summed E-state index contributed by atoms with van der Waals surface area (Å²) < 4.78 is 0. The molecule has 3 heteroatoms. The van der Waals surface area contributed by atoms with Crippen LogP contribution in [-0.4, -0.2) is 4.98 Å². The Morgan fingerprint density at radius 1 is 1.30 bits per heavy atom. The molecule has 20 heavy (non-hydrogen) atoms. The second kappa shape index (κ2) is 5.94. The van der Waals surface area contributed by atoms with Crippen LogP contribution >= 0.6 is 11.6 Å². The highest BCUT2D eigenvalue weighted by Gasteiger charge is 2.22. The highest BCUT2D eigenvalue weighted by Crippen LogP contribution is 2.30. The summed E-state index contributed by atoms with van der Waals surface area (Å²) in [5.74, 6) is 0. The van der Waals surface area contributed by atoms with Crippen molar-refractivity contribution < 1.29 is 0 Å². The molecule has 3 rings (SSSR count). The third-order valence-electron chi connectivity index (χ3n) is 3.99. The molecule has 0 saturated carbocycles. The number of pyridine rings is 1. The Kier molecular flexibility index (Phi) is 4.04. The maximum atomic E-state index is 6.07. The molecule has 0 aliphatic heterocycles. The number of aromatic nitrogens is 1. The van der Waals surface area contributed by atoms with Crippen LogP contribution in [0.1, 0.15) is 48.7 Å². The zero-order valence-electron chi connectivity index (χ0n) is 11.6. The molecule has 1 N–H and O–H groups in total. The fraction of sp³-hybridized carbons (Fsp3) is 0.353. The monoisotopic (exact) mass is 286 g/mol. The van der Waals surface area contributed by atoms with Crippen molar-refractivity contribution in [2.24, 2.45) is 0 Å². The first-order valence-electron chi connectivity index (χ1n) is 7.19. The van der Waals surface area contributed by atoms with E-state index >= 15 is 0 Å². The number of hydrogen-bond acceptors (Lipinski definition) is 2. The maximum absolute atomic E-state index is 6.07. The molecule has 2 nitrogen and oxygen atoms in total. The molecule has 1 unspecified atom stereocenters. The normalized spacial score (nSPS) is 19.4. The molecule has 1 aromatic carbocycles. The summed E-state index contributed by atoms with van der Waals surface area (Å²) in [5.41, 5.74) is 3.82. The van der Waals surface area contributed by atoms with Crippen molar-refractivity contribution in [1.29, 1.82) is 0 Å². The van der Waals surface area contributed by atoms with E-state index < -0.39 is 0 Å². The largest absolute Gasteiger partial charge is 0.302 e. The van der Waals surface area contributed by atoms with Gasteiger partial charge < -0.3 is 5.32 Å². The van der Waals surface area contributed by atoms with Gasteiger partial charge in [0, 0.05) is 17.3 Å². The van der Waals surface area contributed by atoms with Crippen molar-refractivity contribution in [3.05, 3.63) is 64.4 Å². The molecule has 104 valence electrons. The predicted molar refractivity (Wildman–Crippen MR) is 82.9 cm³/mol. The van der Waals surface area contributed by atoms with Crippen molar-refractivity contribution in [2.75, 3.05) is 0 Å². The Balaban J connectivity index is 1.79. The minimum Gasteiger partial charge on any atom is -0.302 e. The molecule has 2 atom stereocenters. The molecule has 0 radical (unpaired) electrons. The number of fused-ring (bicyclic) bond motifs is 1. The van der Waals surface area contributed by atoms with Gasteiger partial charge in [-0.1, -0.05) is 29.8 Å². The third kappa shape index (κ3) is 2.87. The second-order valence-electron chi connectivity index (χ2n) is 5.44. The van der Waals surface area contributed by atoms with Crippen molar-refractivity contribution in [2.45, 2.75) is 38.3 Å². The van der Waals surface area contributed by atoms with Gasteiger partial charge >= 0.3 is 0 Å². The fourth-order valence-electron chi connectivity index (χ4n) is 2.95. The van der Waals surface area contributed by atoms with Gasteiger partial charge in [-0.25, -0.2) is 0 Å². The van der Waals surface area contributed by atoms with E-state index in [1.54, 1.807) is 0 Å². The van der Waals surface area contributed by atoms with Crippen molar-refractivity contribution in [1.82, 2.24) is 10.3 Å². The standard InChI is InChI=1S/C17H19ClN2/c1-12(14-6-2-8-15(18)11-14)20-16-9-3-5-13-7-4-10-19-17(13)16/h2,4,6-8,10-12,16,20H,3,5,9H2,1H3/t12-,16?/m1/s1. The van der Waals surface area contributed by atoms with Crippen LogP contribution in [0, 0.1) is 0 Å². The van der Waals surface area contributed by atoms with Crippen LogP contribution in [0.4, 0.5) is 0 Å². The van der Waals surface area contributed by atoms with Crippen molar-refractivity contribution >= 4 is 11.6 Å². The molecule has 1 heterocycles. The topological polar surface area (TPSA) is 24.9 Å². The van der Waals surface area contributed by atoms with E-state index in [4.69, 9.17) is 11.6 Å². The Hall–Kier alpha value is -1.38. The highest BCUT2D eigenvalue weighted by atomic mass is 35.5. The summed E-state index contributed by atoms with van der Waals surface area (Å²) in [7, 11) is 0. The minimum absolute atomic E-state index is 0.270. The zero-order chi connectivity index (χ0) is 13.9. The second-order valence-corrected chi connectivity index (χ2v) is 5.87. The number of benzene rings is 1. The van der Waals surface area contributed by atoms with Gasteiger partial charge in [0.1, 0.15) is 0 Å². The molecule has 0 spiro atoms. The first-order valence-corrected chi connectivity index (χ1v) is 7.57. The first kappa shape index (κ1) is 13.6. The SMILES string of the molecule is C[C@@H](NC1CCCc2cccnc21)c1cccc(Cl)c1. The summed E-state index contributed by atoms with van der Waals surface area (Å²) in [6, 6.07) is 12.9. The maximum Gasteiger partial charge on any atom is 0.0605 e. The molecule has 1 aliphatic carbocycles. The Morgan fingerprint density at radius 3 is 3.05 bits per heavy atom. The molecule has 0 fully saturated rings. The molecule has 1 aromatic heterocycles. The summed E-state index contributed by atoms with van der Waals surface area (Å²) in [4.78, 5) is 4.58. The van der Waals surface area contributed by atoms with Crippen molar-refractivity contribution in [3.8, 4) is 0 Å². The molecule has 1 aliphatic rings. The van der Waals surface area contributed by atoms with E-state index in [9.17, 15) is 0 Å². The van der Waals surface area contributed by atoms with Gasteiger partial charge in [0.05, 0.1) is 11.7 Å². The van der Waals surface area contributed by atoms with Gasteiger partial charge in [-0.15, -0.1) is 0 Å². The quantitative estimate of drug-likeness (QED) is 0.901. The lowest BCUT2D eigenvalue weighted by atomic mass is 9.91. The number of aryl methyl sites for hydroxylation is 1. The summed E-state index contributed by atoms with van der Waals surface area (Å²) in [6.45, 7) is 2.18. The van der Waals surface area contributed by atoms with E-state index in [0.29, 0.717) is 6.04 Å². The Bertz CT molecular complexity index is 597. The first-order chi connectivity index (χ1) is 9.74. The van der Waals surface area contributed by atoms with E-state index in [1.807, 2.05) is 30.5 Å². The third-order valence-corrected chi connectivity index (χ3v) is 4.23. The van der Waals surface area contributed by atoms with Crippen LogP contribution in [-0.2, 0) is 6.42 Å². The van der Waals surface area contributed by atoms with E-state index in [2.05, 4.69) is 29.4 Å². The summed E-state index contributed by atoms with van der Waals surface area (Å²) >= 11 is 6.07. The Morgan fingerprint density at radius 2 is 2.20 bits per heavy atom. The number of rotatable bonds is 3. The van der Waals surface area contributed by atoms with Gasteiger partial charge in [-0.2, -0.15) is 0 Å². The molecule has 0 amide bonds. The number of nitrogens with one attached hydrogen (secondary N) is 1. The van der Waals surface area contributed by atoms with Crippen LogP contribution in [0.3, 0.4) is 0 Å². The van der Waals surface area contributed by atoms with Crippen LogP contribution in [0.2, 0.25) is 5.02 Å². The molecular weight excluding hydrogens is 268 g/mol. The smallest absolute Gasteiger partial charge is 0.0605 e. The van der Waals surface area contributed by atoms with Crippen molar-refractivity contribution in [3.63, 3.8) is 0 Å². The minimum atomic E-state index is 0.270. The number of nitrogens with zero attached hydrogens (tertiary/aromatic N) is 1. The molecule has 2 aromatic rings. The number of halogens is 1. The van der Waals surface area contributed by atoms with Crippen LogP contribution in [0.5, 0.6) is 0 Å². The summed E-state index contributed by atoms with van der Waals surface area (Å²) in [6.07, 6.45) is 5.41. The lowest BCUT2D eigenvalue weighted by molar-refractivity contribution is 0.406. The van der Waals surface area contributed by atoms with Gasteiger partial charge in [-0.05, 0) is 55.5 Å². The lowest BCUT2D eigenvalue weighted by Crippen LogP contribution is -2.28. The van der Waals surface area contributed by atoms with Gasteiger partial charge in [0.2, 0.25) is 0 Å². The molecular formula is C17H19ClN2. The average Bonchev–Trinajstić information content (AvgIpc) is 2.47. The van der Waals surface area contributed by atoms with Crippen LogP contribution in [0.25, 0.3) is 0 Å². The van der Waals surface area contributed by atoms with E-state index in [1.165, 1.54) is 23.2 Å². The lowest BCUT2D eigenvalue weighted by Gasteiger charge is -2.28. The number of hydrogen-bond donors (Lipinski definition) is 1. The van der Waals surface area contributed by atoms with Crippen LogP contribution < -0.4 is 5.32 Å². The molecule has 0 bridgehead atoms.